The summed E-state index contributed by atoms with van der Waals surface area (Å²) in [6.07, 6.45) is 8.36. The van der Waals surface area contributed by atoms with Gasteiger partial charge in [0.1, 0.15) is 11.6 Å². The van der Waals surface area contributed by atoms with Crippen molar-refractivity contribution in [3.8, 4) is 0 Å². The van der Waals surface area contributed by atoms with E-state index in [1.165, 1.54) is 12.0 Å². The second-order valence-electron chi connectivity index (χ2n) is 12.3. The van der Waals surface area contributed by atoms with E-state index in [-0.39, 0.29) is 23.8 Å². The third-order valence-corrected chi connectivity index (χ3v) is 9.74. The minimum absolute atomic E-state index is 0.0902. The molecule has 0 aromatic heterocycles. The monoisotopic (exact) mass is 590 g/mol. The number of halogens is 1. The fraction of sp³-hybridized carbons (Fsp3) is 0.485. The number of amides is 3. The summed E-state index contributed by atoms with van der Waals surface area (Å²) < 4.78 is 6.49. The summed E-state index contributed by atoms with van der Waals surface area (Å²) in [5, 5.41) is 6.75. The van der Waals surface area contributed by atoms with E-state index in [4.69, 9.17) is 16.3 Å². The number of likely N-dealkylation sites (tertiary alicyclic amines) is 1. The molecule has 5 atom stereocenters. The fourth-order valence-electron chi connectivity index (χ4n) is 7.18. The van der Waals surface area contributed by atoms with Gasteiger partial charge in [-0.2, -0.15) is 0 Å². The lowest BCUT2D eigenvalue weighted by Crippen LogP contribution is -2.57. The van der Waals surface area contributed by atoms with Crippen LogP contribution >= 0.6 is 11.6 Å². The Bertz CT molecular complexity index is 1380. The molecule has 2 aromatic carbocycles. The van der Waals surface area contributed by atoms with Gasteiger partial charge in [0.15, 0.2) is 0 Å². The Morgan fingerprint density at radius 3 is 2.60 bits per heavy atom. The van der Waals surface area contributed by atoms with Crippen LogP contribution in [-0.4, -0.2) is 71.4 Å². The number of fused-ring (bicyclic) bond motifs is 1. The number of hydrogen-bond donors (Lipinski definition) is 2. The first-order valence-corrected chi connectivity index (χ1v) is 15.4. The smallest absolute Gasteiger partial charge is 0.246 e. The van der Waals surface area contributed by atoms with Crippen molar-refractivity contribution in [3.63, 3.8) is 0 Å². The third-order valence-electron chi connectivity index (χ3n) is 9.33. The van der Waals surface area contributed by atoms with Crippen molar-refractivity contribution in [2.75, 3.05) is 25.5 Å². The zero-order chi connectivity index (χ0) is 29.4. The van der Waals surface area contributed by atoms with E-state index in [2.05, 4.69) is 27.7 Å². The van der Waals surface area contributed by atoms with Crippen LogP contribution in [0.25, 0.3) is 0 Å². The highest BCUT2D eigenvalue weighted by atomic mass is 35.5. The second-order valence-corrected chi connectivity index (χ2v) is 12.7. The summed E-state index contributed by atoms with van der Waals surface area (Å²) in [4.78, 5) is 45.8. The summed E-state index contributed by atoms with van der Waals surface area (Å²) in [6, 6.07) is 14.8. The highest BCUT2D eigenvalue weighted by molar-refractivity contribution is 6.31. The van der Waals surface area contributed by atoms with E-state index < -0.39 is 29.6 Å². The Labute approximate surface area is 252 Å². The number of rotatable bonds is 9. The highest BCUT2D eigenvalue weighted by Crippen LogP contribution is 2.55. The molecule has 42 heavy (non-hydrogen) atoms. The van der Waals surface area contributed by atoms with E-state index >= 15 is 0 Å². The van der Waals surface area contributed by atoms with Gasteiger partial charge in [-0.1, -0.05) is 79.4 Å². The molecule has 9 heteroatoms. The topological polar surface area (TPSA) is 91.0 Å². The summed E-state index contributed by atoms with van der Waals surface area (Å²) in [5.41, 5.74) is 1.47. The molecule has 4 aliphatic rings. The standard InChI is InChI=1S/C33H39ClN4O4/c1-21-13-14-24(19-25(21)34)36-30(39)27-26-15-16-33(42-26)28(27)32(41)38(18-17-37(2)20-22-9-5-3-6-10-22)29(33)31(40)35-23-11-7-4-8-12-23/h3,5-6,9-10,13-16,19,23,26-29H,4,7-8,11-12,17-18,20H2,1-2H3,(H,35,40)(H,36,39)/t26-,27-,28-,29+,33-/m0/s1. The van der Waals surface area contributed by atoms with Gasteiger partial charge in [0.25, 0.3) is 0 Å². The molecular weight excluding hydrogens is 552 g/mol. The molecule has 2 N–H and O–H groups in total. The van der Waals surface area contributed by atoms with E-state index in [1.807, 2.05) is 50.4 Å². The Kier molecular flexibility index (Phi) is 8.13. The number of nitrogens with zero attached hydrogens (tertiary/aromatic N) is 2. The van der Waals surface area contributed by atoms with Crippen molar-refractivity contribution < 1.29 is 19.1 Å². The van der Waals surface area contributed by atoms with Crippen molar-refractivity contribution in [1.29, 1.82) is 0 Å². The fourth-order valence-corrected chi connectivity index (χ4v) is 7.36. The minimum atomic E-state index is -1.18. The molecule has 2 saturated heterocycles. The number of ether oxygens (including phenoxy) is 1. The maximum absolute atomic E-state index is 14.2. The molecule has 0 unspecified atom stereocenters. The molecule has 3 aliphatic heterocycles. The van der Waals surface area contributed by atoms with Gasteiger partial charge in [-0.25, -0.2) is 0 Å². The zero-order valence-electron chi connectivity index (χ0n) is 24.2. The van der Waals surface area contributed by atoms with Crippen molar-refractivity contribution in [2.24, 2.45) is 11.8 Å². The van der Waals surface area contributed by atoms with Crippen LogP contribution in [0.15, 0.2) is 60.7 Å². The summed E-state index contributed by atoms with van der Waals surface area (Å²) in [7, 11) is 2.01. The van der Waals surface area contributed by atoms with E-state index in [9.17, 15) is 14.4 Å². The van der Waals surface area contributed by atoms with Crippen LogP contribution in [-0.2, 0) is 25.7 Å². The van der Waals surface area contributed by atoms with Gasteiger partial charge in [-0.3, -0.25) is 14.4 Å². The molecule has 0 radical (unpaired) electrons. The maximum Gasteiger partial charge on any atom is 0.246 e. The summed E-state index contributed by atoms with van der Waals surface area (Å²) in [6.45, 7) is 3.54. The normalized spacial score (nSPS) is 28.4. The number of likely N-dealkylation sites (N-methyl/N-ethyl adjacent to an activating group) is 1. The van der Waals surface area contributed by atoms with Gasteiger partial charge in [0.2, 0.25) is 17.7 Å². The van der Waals surface area contributed by atoms with Crippen molar-refractivity contribution in [3.05, 3.63) is 76.8 Å². The number of carbonyl (C=O) groups is 3. The Morgan fingerprint density at radius 2 is 1.86 bits per heavy atom. The first-order chi connectivity index (χ1) is 20.3. The average molecular weight is 591 g/mol. The zero-order valence-corrected chi connectivity index (χ0v) is 25.0. The van der Waals surface area contributed by atoms with Crippen LogP contribution < -0.4 is 10.6 Å². The van der Waals surface area contributed by atoms with E-state index in [0.29, 0.717) is 23.8 Å². The van der Waals surface area contributed by atoms with Crippen molar-refractivity contribution >= 4 is 35.0 Å². The van der Waals surface area contributed by atoms with Crippen LogP contribution in [0.1, 0.15) is 43.2 Å². The predicted octanol–water partition coefficient (Wildman–Crippen LogP) is 4.32. The quantitative estimate of drug-likeness (QED) is 0.425. The van der Waals surface area contributed by atoms with Crippen LogP contribution in [0.4, 0.5) is 5.69 Å². The molecule has 1 aliphatic carbocycles. The van der Waals surface area contributed by atoms with E-state index in [0.717, 1.165) is 37.8 Å². The SMILES string of the molecule is Cc1ccc(NC(=O)[C@H]2[C@@H]3C=C[C@]4(O3)[C@@H]2C(=O)N(CCN(C)Cc2ccccc2)[C@@H]4C(=O)NC2CCCCC2)cc1Cl. The second kappa shape index (κ2) is 11.8. The highest BCUT2D eigenvalue weighted by Gasteiger charge is 2.72. The first kappa shape index (κ1) is 28.9. The summed E-state index contributed by atoms with van der Waals surface area (Å²) in [5.74, 6) is -2.24. The van der Waals surface area contributed by atoms with Gasteiger partial charge in [0.05, 0.1) is 17.9 Å². The van der Waals surface area contributed by atoms with Crippen LogP contribution in [0.5, 0.6) is 0 Å². The molecule has 2 aromatic rings. The van der Waals surface area contributed by atoms with Gasteiger partial charge in [-0.15, -0.1) is 0 Å². The maximum atomic E-state index is 14.2. The Balaban J connectivity index is 1.25. The largest absolute Gasteiger partial charge is 0.359 e. The lowest BCUT2D eigenvalue weighted by Gasteiger charge is -2.34. The van der Waals surface area contributed by atoms with Crippen LogP contribution in [0.3, 0.4) is 0 Å². The number of aryl methyl sites for hydroxylation is 1. The molecule has 3 heterocycles. The number of benzene rings is 2. The summed E-state index contributed by atoms with van der Waals surface area (Å²) >= 11 is 6.30. The number of carbonyl (C=O) groups excluding carboxylic acids is 3. The van der Waals surface area contributed by atoms with Gasteiger partial charge < -0.3 is 25.2 Å². The van der Waals surface area contributed by atoms with Crippen molar-refractivity contribution in [2.45, 2.75) is 69.4 Å². The number of hydrogen-bond acceptors (Lipinski definition) is 5. The van der Waals surface area contributed by atoms with Crippen molar-refractivity contribution in [1.82, 2.24) is 15.1 Å². The predicted molar refractivity (Wildman–Crippen MR) is 162 cm³/mol. The number of nitrogens with one attached hydrogen (secondary N) is 2. The molecule has 3 fully saturated rings. The third kappa shape index (κ3) is 5.36. The minimum Gasteiger partial charge on any atom is -0.359 e. The molecule has 1 saturated carbocycles. The molecule has 1 spiro atoms. The lowest BCUT2D eigenvalue weighted by molar-refractivity contribution is -0.141. The molecule has 2 bridgehead atoms. The Hall–Kier alpha value is -3.20. The van der Waals surface area contributed by atoms with Gasteiger partial charge in [0, 0.05) is 36.4 Å². The molecule has 6 rings (SSSR count). The number of anilines is 1. The molecule has 3 amide bonds. The van der Waals surface area contributed by atoms with Gasteiger partial charge >= 0.3 is 0 Å². The van der Waals surface area contributed by atoms with Gasteiger partial charge in [-0.05, 0) is 50.1 Å². The Morgan fingerprint density at radius 1 is 1.10 bits per heavy atom. The lowest BCUT2D eigenvalue weighted by atomic mass is 9.74. The molecule has 222 valence electrons. The first-order valence-electron chi connectivity index (χ1n) is 15.0. The van der Waals surface area contributed by atoms with Crippen LogP contribution in [0, 0.1) is 18.8 Å². The van der Waals surface area contributed by atoms with Crippen LogP contribution in [0.2, 0.25) is 5.02 Å². The average Bonchev–Trinajstić information content (AvgIpc) is 3.62. The van der Waals surface area contributed by atoms with E-state index in [1.54, 1.807) is 17.0 Å². The molecular formula is C33H39ClN4O4. The molecule has 8 nitrogen and oxygen atoms in total.